The molecule has 0 saturated carbocycles. The Labute approximate surface area is 109 Å². The number of hydrogen-bond acceptors (Lipinski definition) is 1. The molecule has 0 aromatic carbocycles. The van der Waals surface area contributed by atoms with E-state index in [2.05, 4.69) is 24.4 Å². The lowest BCUT2D eigenvalue weighted by atomic mass is 9.93. The van der Waals surface area contributed by atoms with Crippen LogP contribution in [0.2, 0.25) is 0 Å². The molecule has 0 fully saturated rings. The smallest absolute Gasteiger partial charge is 0.118 e. The van der Waals surface area contributed by atoms with Crippen molar-refractivity contribution in [3.05, 3.63) is 24.3 Å². The van der Waals surface area contributed by atoms with E-state index in [4.69, 9.17) is 11.6 Å². The van der Waals surface area contributed by atoms with Gasteiger partial charge in [0, 0.05) is 11.9 Å². The van der Waals surface area contributed by atoms with Crippen molar-refractivity contribution in [1.82, 2.24) is 5.32 Å². The minimum Gasteiger partial charge on any atom is -0.313 e. The van der Waals surface area contributed by atoms with Gasteiger partial charge in [-0.15, -0.1) is 11.6 Å². The first-order valence-electron chi connectivity index (χ1n) is 6.54. The highest BCUT2D eigenvalue weighted by Crippen LogP contribution is 2.24. The molecule has 1 aliphatic rings. The molecule has 0 saturated heterocycles. The van der Waals surface area contributed by atoms with Gasteiger partial charge in [-0.05, 0) is 38.1 Å². The van der Waals surface area contributed by atoms with Gasteiger partial charge in [-0.2, -0.15) is 0 Å². The summed E-state index contributed by atoms with van der Waals surface area (Å²) in [6.45, 7) is 3.87. The van der Waals surface area contributed by atoms with Gasteiger partial charge in [-0.3, -0.25) is 0 Å². The van der Waals surface area contributed by atoms with Gasteiger partial charge in [0.1, 0.15) is 6.17 Å². The minimum atomic E-state index is -0.790. The Kier molecular flexibility index (Phi) is 7.54. The molecule has 17 heavy (non-hydrogen) atoms. The molecule has 0 bridgehead atoms. The molecule has 0 aliphatic heterocycles. The summed E-state index contributed by atoms with van der Waals surface area (Å²) < 4.78 is 13.3. The topological polar surface area (TPSA) is 12.0 Å². The third-order valence-corrected chi connectivity index (χ3v) is 3.64. The Hall–Kier alpha value is -0.340. The van der Waals surface area contributed by atoms with E-state index in [0.717, 1.165) is 32.4 Å². The average molecular weight is 260 g/mol. The van der Waals surface area contributed by atoms with Crippen molar-refractivity contribution < 1.29 is 4.39 Å². The van der Waals surface area contributed by atoms with Gasteiger partial charge in [-0.1, -0.05) is 31.2 Å². The van der Waals surface area contributed by atoms with Crippen LogP contribution in [0.5, 0.6) is 0 Å². The zero-order valence-corrected chi connectivity index (χ0v) is 11.3. The quantitative estimate of drug-likeness (QED) is 0.449. The number of nitrogens with one attached hydrogen (secondary N) is 1. The van der Waals surface area contributed by atoms with Crippen molar-refractivity contribution >= 4 is 11.6 Å². The normalized spacial score (nSPS) is 30.4. The Balaban J connectivity index is 2.30. The zero-order valence-electron chi connectivity index (χ0n) is 10.5. The van der Waals surface area contributed by atoms with E-state index >= 15 is 0 Å². The van der Waals surface area contributed by atoms with Crippen LogP contribution in [0.25, 0.3) is 0 Å². The molecule has 0 aromatic rings. The highest BCUT2D eigenvalue weighted by atomic mass is 35.5. The van der Waals surface area contributed by atoms with Gasteiger partial charge in [0.15, 0.2) is 0 Å². The maximum atomic E-state index is 13.3. The van der Waals surface area contributed by atoms with Crippen molar-refractivity contribution in [2.24, 2.45) is 5.92 Å². The summed E-state index contributed by atoms with van der Waals surface area (Å²) in [6, 6.07) is 0. The van der Waals surface area contributed by atoms with Gasteiger partial charge in [0.05, 0.1) is 0 Å². The van der Waals surface area contributed by atoms with E-state index in [1.165, 1.54) is 0 Å². The minimum absolute atomic E-state index is 0.126. The largest absolute Gasteiger partial charge is 0.313 e. The van der Waals surface area contributed by atoms with E-state index in [0.29, 0.717) is 12.3 Å². The molecule has 0 amide bonds. The van der Waals surface area contributed by atoms with Crippen LogP contribution in [0, 0.1) is 5.92 Å². The van der Waals surface area contributed by atoms with Crippen molar-refractivity contribution in [2.75, 3.05) is 13.1 Å². The van der Waals surface area contributed by atoms with Gasteiger partial charge < -0.3 is 5.32 Å². The predicted molar refractivity (Wildman–Crippen MR) is 73.3 cm³/mol. The lowest BCUT2D eigenvalue weighted by molar-refractivity contribution is 0.320. The van der Waals surface area contributed by atoms with Crippen LogP contribution >= 0.6 is 11.6 Å². The van der Waals surface area contributed by atoms with Crippen LogP contribution in [-0.2, 0) is 0 Å². The van der Waals surface area contributed by atoms with Crippen LogP contribution in [-0.4, -0.2) is 24.6 Å². The predicted octanol–water partition coefficient (Wildman–Crippen LogP) is 3.84. The Morgan fingerprint density at radius 2 is 2.24 bits per heavy atom. The standard InChI is InChI=1S/C14H23ClFN/c1-2-3-4-10-17-11-12-8-9-13(16)6-5-7-14(12)15/h3-6,12-14,17H,2,7-11H2,1H3/b4-3+,6-5?/t12?,13-,14?/m1/s1. The molecule has 1 aliphatic carbocycles. The van der Waals surface area contributed by atoms with Crippen LogP contribution in [0.15, 0.2) is 24.3 Å². The Morgan fingerprint density at radius 3 is 3.00 bits per heavy atom. The molecule has 0 heterocycles. The summed E-state index contributed by atoms with van der Waals surface area (Å²) >= 11 is 6.32. The fourth-order valence-corrected chi connectivity index (χ4v) is 2.35. The first-order chi connectivity index (χ1) is 8.24. The summed E-state index contributed by atoms with van der Waals surface area (Å²) in [5.74, 6) is 0.370. The number of allylic oxidation sites excluding steroid dienone is 3. The summed E-state index contributed by atoms with van der Waals surface area (Å²) in [4.78, 5) is 0. The van der Waals surface area contributed by atoms with E-state index in [9.17, 15) is 4.39 Å². The van der Waals surface area contributed by atoms with E-state index in [1.54, 1.807) is 6.08 Å². The zero-order chi connectivity index (χ0) is 12.5. The molecule has 1 N–H and O–H groups in total. The summed E-state index contributed by atoms with van der Waals surface area (Å²) in [5, 5.41) is 3.49. The van der Waals surface area contributed by atoms with Crippen LogP contribution in [0.3, 0.4) is 0 Å². The summed E-state index contributed by atoms with van der Waals surface area (Å²) in [6.07, 6.45) is 10.3. The second kappa shape index (κ2) is 8.71. The molecule has 2 unspecified atom stereocenters. The Bertz CT molecular complexity index is 253. The van der Waals surface area contributed by atoms with E-state index in [1.807, 2.05) is 6.08 Å². The lowest BCUT2D eigenvalue weighted by Gasteiger charge is -2.24. The fraction of sp³-hybridized carbons (Fsp3) is 0.714. The van der Waals surface area contributed by atoms with E-state index in [-0.39, 0.29) is 5.38 Å². The number of hydrogen-bond donors (Lipinski definition) is 1. The second-order valence-corrected chi connectivity index (χ2v) is 5.13. The molecule has 3 atom stereocenters. The average Bonchev–Trinajstić information content (AvgIpc) is 2.30. The van der Waals surface area contributed by atoms with Gasteiger partial charge in [0.25, 0.3) is 0 Å². The number of alkyl halides is 2. The monoisotopic (exact) mass is 259 g/mol. The van der Waals surface area contributed by atoms with Crippen LogP contribution in [0.1, 0.15) is 32.6 Å². The van der Waals surface area contributed by atoms with Crippen LogP contribution in [0.4, 0.5) is 4.39 Å². The molecular formula is C14H23ClFN. The molecule has 3 heteroatoms. The molecule has 98 valence electrons. The molecule has 0 aromatic heterocycles. The maximum absolute atomic E-state index is 13.3. The van der Waals surface area contributed by atoms with Gasteiger partial charge in [0.2, 0.25) is 0 Å². The second-order valence-electron chi connectivity index (χ2n) is 4.57. The molecule has 0 radical (unpaired) electrons. The van der Waals surface area contributed by atoms with Gasteiger partial charge in [-0.25, -0.2) is 4.39 Å². The summed E-state index contributed by atoms with van der Waals surface area (Å²) in [5.41, 5.74) is 0. The van der Waals surface area contributed by atoms with Gasteiger partial charge >= 0.3 is 0 Å². The highest BCUT2D eigenvalue weighted by molar-refractivity contribution is 6.20. The third kappa shape index (κ3) is 6.23. The number of rotatable bonds is 5. The SMILES string of the molecule is CC/C=C/CNCC1CC[C@H](F)C=CCC1Cl. The maximum Gasteiger partial charge on any atom is 0.118 e. The summed E-state index contributed by atoms with van der Waals surface area (Å²) in [7, 11) is 0. The molecule has 1 nitrogen and oxygen atoms in total. The molecule has 1 rings (SSSR count). The first-order valence-corrected chi connectivity index (χ1v) is 6.98. The molecule has 0 spiro atoms. The van der Waals surface area contributed by atoms with Crippen molar-refractivity contribution in [3.8, 4) is 0 Å². The highest BCUT2D eigenvalue weighted by Gasteiger charge is 2.21. The number of halogens is 2. The van der Waals surface area contributed by atoms with Crippen molar-refractivity contribution in [3.63, 3.8) is 0 Å². The van der Waals surface area contributed by atoms with E-state index < -0.39 is 6.17 Å². The fourth-order valence-electron chi connectivity index (χ4n) is 2.03. The molecular weight excluding hydrogens is 237 g/mol. The lowest BCUT2D eigenvalue weighted by Crippen LogP contribution is -2.30. The van der Waals surface area contributed by atoms with Crippen molar-refractivity contribution in [2.45, 2.75) is 44.2 Å². The van der Waals surface area contributed by atoms with Crippen molar-refractivity contribution in [1.29, 1.82) is 0 Å². The van der Waals surface area contributed by atoms with Crippen LogP contribution < -0.4 is 5.32 Å². The third-order valence-electron chi connectivity index (χ3n) is 3.10. The Morgan fingerprint density at radius 1 is 1.41 bits per heavy atom. The first kappa shape index (κ1) is 14.7.